The van der Waals surface area contributed by atoms with Gasteiger partial charge in [0.05, 0.1) is 0 Å². The van der Waals surface area contributed by atoms with Crippen molar-refractivity contribution in [2.45, 2.75) is 38.0 Å². The van der Waals surface area contributed by atoms with Gasteiger partial charge < -0.3 is 4.90 Å². The van der Waals surface area contributed by atoms with Gasteiger partial charge in [-0.15, -0.1) is 0 Å². The molecule has 1 aliphatic carbocycles. The molecule has 1 aromatic rings. The lowest BCUT2D eigenvalue weighted by molar-refractivity contribution is 0.238. The van der Waals surface area contributed by atoms with Crippen molar-refractivity contribution in [3.8, 4) is 0 Å². The van der Waals surface area contributed by atoms with Gasteiger partial charge in [-0.2, -0.15) is 0 Å². The van der Waals surface area contributed by atoms with Gasteiger partial charge in [-0.3, -0.25) is 0 Å². The number of halogens is 1. The van der Waals surface area contributed by atoms with Gasteiger partial charge in [0.2, 0.25) is 0 Å². The van der Waals surface area contributed by atoms with Crippen molar-refractivity contribution in [2.75, 3.05) is 19.6 Å². The van der Waals surface area contributed by atoms with E-state index in [1.165, 1.54) is 56.8 Å². The van der Waals surface area contributed by atoms with Crippen LogP contribution in [0.1, 0.15) is 43.6 Å². The first-order valence-electron chi connectivity index (χ1n) is 7.29. The smallest absolute Gasteiger partial charge is 0.123 e. The second-order valence-corrected chi connectivity index (χ2v) is 5.93. The van der Waals surface area contributed by atoms with E-state index in [2.05, 4.69) is 11.0 Å². The Morgan fingerprint density at radius 2 is 2.11 bits per heavy atom. The number of benzene rings is 1. The maximum Gasteiger partial charge on any atom is 0.123 e. The Morgan fingerprint density at radius 3 is 2.83 bits per heavy atom. The lowest BCUT2D eigenvalue weighted by Gasteiger charge is -2.27. The lowest BCUT2D eigenvalue weighted by Crippen LogP contribution is -2.25. The summed E-state index contributed by atoms with van der Waals surface area (Å²) in [6, 6.07) is 7.15. The Morgan fingerprint density at radius 1 is 1.22 bits per heavy atom. The molecule has 1 atom stereocenters. The van der Waals surface area contributed by atoms with E-state index in [1.54, 1.807) is 6.07 Å². The Labute approximate surface area is 109 Å². The van der Waals surface area contributed by atoms with Gasteiger partial charge in [-0.1, -0.05) is 31.4 Å². The third-order valence-corrected chi connectivity index (χ3v) is 4.67. The van der Waals surface area contributed by atoms with Gasteiger partial charge in [0, 0.05) is 6.54 Å². The first kappa shape index (κ1) is 12.2. The van der Waals surface area contributed by atoms with Crippen molar-refractivity contribution in [2.24, 2.45) is 5.92 Å². The van der Waals surface area contributed by atoms with Gasteiger partial charge in [-0.25, -0.2) is 4.39 Å². The summed E-state index contributed by atoms with van der Waals surface area (Å²) in [7, 11) is 0. The Bertz CT molecular complexity index is 400. The first-order chi connectivity index (χ1) is 8.81. The van der Waals surface area contributed by atoms with Gasteiger partial charge in [-0.05, 0) is 55.5 Å². The zero-order valence-electron chi connectivity index (χ0n) is 10.9. The van der Waals surface area contributed by atoms with Crippen LogP contribution in [0.25, 0.3) is 0 Å². The summed E-state index contributed by atoms with van der Waals surface area (Å²) < 4.78 is 13.2. The summed E-state index contributed by atoms with van der Waals surface area (Å²) in [5.74, 6) is 1.45. The molecule has 1 saturated carbocycles. The van der Waals surface area contributed by atoms with Crippen LogP contribution in [0.4, 0.5) is 4.39 Å². The SMILES string of the molecule is Fc1cccc(C2CCN(CCC3CCC3)C2)c1. The summed E-state index contributed by atoms with van der Waals surface area (Å²) >= 11 is 0. The number of likely N-dealkylation sites (tertiary alicyclic amines) is 1. The predicted octanol–water partition coefficient (Wildman–Crippen LogP) is 3.81. The molecule has 18 heavy (non-hydrogen) atoms. The maximum atomic E-state index is 13.2. The van der Waals surface area contributed by atoms with Crippen LogP contribution in [0.2, 0.25) is 0 Å². The van der Waals surface area contributed by atoms with E-state index < -0.39 is 0 Å². The molecule has 1 heterocycles. The van der Waals surface area contributed by atoms with Crippen LogP contribution in [-0.4, -0.2) is 24.5 Å². The summed E-state index contributed by atoms with van der Waals surface area (Å²) in [5, 5.41) is 0. The van der Waals surface area contributed by atoms with E-state index >= 15 is 0 Å². The Hall–Kier alpha value is -0.890. The minimum absolute atomic E-state index is 0.0968. The fourth-order valence-corrected chi connectivity index (χ4v) is 3.21. The molecule has 1 nitrogen and oxygen atoms in total. The van der Waals surface area contributed by atoms with Gasteiger partial charge >= 0.3 is 0 Å². The summed E-state index contributed by atoms with van der Waals surface area (Å²) in [6.07, 6.45) is 6.89. The third kappa shape index (κ3) is 2.74. The normalized spacial score (nSPS) is 25.3. The molecule has 0 bridgehead atoms. The van der Waals surface area contributed by atoms with Crippen LogP contribution in [0.15, 0.2) is 24.3 Å². The van der Waals surface area contributed by atoms with E-state index in [0.29, 0.717) is 5.92 Å². The van der Waals surface area contributed by atoms with E-state index in [-0.39, 0.29) is 5.82 Å². The molecule has 1 aromatic carbocycles. The molecule has 1 saturated heterocycles. The molecule has 98 valence electrons. The minimum Gasteiger partial charge on any atom is -0.303 e. The molecular weight excluding hydrogens is 225 g/mol. The predicted molar refractivity (Wildman–Crippen MR) is 72.2 cm³/mol. The first-order valence-corrected chi connectivity index (χ1v) is 7.29. The van der Waals surface area contributed by atoms with E-state index in [4.69, 9.17) is 0 Å². The molecule has 0 N–H and O–H groups in total. The zero-order valence-corrected chi connectivity index (χ0v) is 10.9. The third-order valence-electron chi connectivity index (χ3n) is 4.67. The highest BCUT2D eigenvalue weighted by Crippen LogP contribution is 2.32. The summed E-state index contributed by atoms with van der Waals surface area (Å²) in [6.45, 7) is 3.56. The van der Waals surface area contributed by atoms with Crippen LogP contribution in [0.3, 0.4) is 0 Å². The highest BCUT2D eigenvalue weighted by atomic mass is 19.1. The molecule has 2 heteroatoms. The van der Waals surface area contributed by atoms with Crippen molar-refractivity contribution < 1.29 is 4.39 Å². The number of hydrogen-bond acceptors (Lipinski definition) is 1. The van der Waals surface area contributed by atoms with Crippen LogP contribution < -0.4 is 0 Å². The van der Waals surface area contributed by atoms with Gasteiger partial charge in [0.25, 0.3) is 0 Å². The number of nitrogens with zero attached hydrogens (tertiary/aromatic N) is 1. The van der Waals surface area contributed by atoms with E-state index in [1.807, 2.05) is 6.07 Å². The van der Waals surface area contributed by atoms with Crippen molar-refractivity contribution >= 4 is 0 Å². The van der Waals surface area contributed by atoms with Crippen LogP contribution >= 0.6 is 0 Å². The summed E-state index contributed by atoms with van der Waals surface area (Å²) in [4.78, 5) is 2.56. The molecule has 0 radical (unpaired) electrons. The molecular formula is C16H22FN. The fraction of sp³-hybridized carbons (Fsp3) is 0.625. The average Bonchev–Trinajstić information content (AvgIpc) is 2.76. The Kier molecular flexibility index (Phi) is 3.64. The van der Waals surface area contributed by atoms with Crippen LogP contribution in [-0.2, 0) is 0 Å². The summed E-state index contributed by atoms with van der Waals surface area (Å²) in [5.41, 5.74) is 1.18. The van der Waals surface area contributed by atoms with Gasteiger partial charge in [0.15, 0.2) is 0 Å². The average molecular weight is 247 g/mol. The quantitative estimate of drug-likeness (QED) is 0.782. The maximum absolute atomic E-state index is 13.2. The van der Waals surface area contributed by atoms with E-state index in [0.717, 1.165) is 12.5 Å². The zero-order chi connectivity index (χ0) is 12.4. The second-order valence-electron chi connectivity index (χ2n) is 5.93. The number of rotatable bonds is 4. The van der Waals surface area contributed by atoms with Crippen molar-refractivity contribution in [1.29, 1.82) is 0 Å². The number of hydrogen-bond donors (Lipinski definition) is 0. The molecule has 1 unspecified atom stereocenters. The lowest BCUT2D eigenvalue weighted by atomic mass is 9.83. The van der Waals surface area contributed by atoms with Gasteiger partial charge in [0.1, 0.15) is 5.82 Å². The van der Waals surface area contributed by atoms with Crippen molar-refractivity contribution in [1.82, 2.24) is 4.90 Å². The van der Waals surface area contributed by atoms with Crippen LogP contribution in [0.5, 0.6) is 0 Å². The molecule has 0 aromatic heterocycles. The van der Waals surface area contributed by atoms with Crippen molar-refractivity contribution in [3.05, 3.63) is 35.6 Å². The Balaban J connectivity index is 1.51. The molecule has 0 spiro atoms. The van der Waals surface area contributed by atoms with Crippen LogP contribution in [0, 0.1) is 11.7 Å². The molecule has 0 amide bonds. The van der Waals surface area contributed by atoms with Crippen molar-refractivity contribution in [3.63, 3.8) is 0 Å². The monoisotopic (exact) mass is 247 g/mol. The van der Waals surface area contributed by atoms with E-state index in [9.17, 15) is 4.39 Å². The second kappa shape index (κ2) is 5.40. The molecule has 2 aliphatic rings. The minimum atomic E-state index is -0.0968. The highest BCUT2D eigenvalue weighted by molar-refractivity contribution is 5.22. The topological polar surface area (TPSA) is 3.24 Å². The highest BCUT2D eigenvalue weighted by Gasteiger charge is 2.25. The molecule has 3 rings (SSSR count). The molecule has 2 fully saturated rings. The standard InChI is InChI=1S/C16H22FN/c17-16-6-2-5-14(11-16)15-8-10-18(12-15)9-7-13-3-1-4-13/h2,5-6,11,13,15H,1,3-4,7-10,12H2. The molecule has 1 aliphatic heterocycles. The fourth-order valence-electron chi connectivity index (χ4n) is 3.21. The largest absolute Gasteiger partial charge is 0.303 e.